The molecule has 0 saturated heterocycles. The molecule has 2 aromatic rings. The number of nitrogens with one attached hydrogen (secondary N) is 1. The fourth-order valence-electron chi connectivity index (χ4n) is 1.46. The average molecular weight is 260 g/mol. The topological polar surface area (TPSA) is 94.1 Å². The second-order valence-electron chi connectivity index (χ2n) is 3.74. The second kappa shape index (κ2) is 5.87. The Morgan fingerprint density at radius 2 is 2.16 bits per heavy atom. The monoisotopic (exact) mass is 260 g/mol. The van der Waals surface area contributed by atoms with Gasteiger partial charge in [0.25, 0.3) is 5.69 Å². The number of benzene rings is 1. The Bertz CT molecular complexity index is 577. The maximum Gasteiger partial charge on any atom is 0.269 e. The van der Waals surface area contributed by atoms with Crippen molar-refractivity contribution in [2.75, 3.05) is 6.54 Å². The van der Waals surface area contributed by atoms with Gasteiger partial charge in [-0.25, -0.2) is 0 Å². The molecule has 19 heavy (non-hydrogen) atoms. The smallest absolute Gasteiger partial charge is 0.269 e. The molecular formula is C12H12N4O3. The third kappa shape index (κ3) is 3.23. The van der Waals surface area contributed by atoms with Crippen molar-refractivity contribution in [1.82, 2.24) is 15.5 Å². The third-order valence-electron chi connectivity index (χ3n) is 2.37. The van der Waals surface area contributed by atoms with Crippen LogP contribution in [-0.4, -0.2) is 21.6 Å². The Balaban J connectivity index is 2.09. The molecule has 0 bridgehead atoms. The molecule has 7 heteroatoms. The Morgan fingerprint density at radius 3 is 2.79 bits per heavy atom. The molecule has 0 aliphatic rings. The van der Waals surface area contributed by atoms with Gasteiger partial charge in [0.2, 0.25) is 11.7 Å². The Hall–Kier alpha value is -2.54. The van der Waals surface area contributed by atoms with Gasteiger partial charge < -0.3 is 9.84 Å². The Labute approximate surface area is 109 Å². The number of nitro groups is 1. The second-order valence-corrected chi connectivity index (χ2v) is 3.74. The fourth-order valence-corrected chi connectivity index (χ4v) is 1.46. The first-order valence-electron chi connectivity index (χ1n) is 5.59. The summed E-state index contributed by atoms with van der Waals surface area (Å²) in [7, 11) is 0. The number of hydrogen-bond acceptors (Lipinski definition) is 6. The lowest BCUT2D eigenvalue weighted by Crippen LogP contribution is -2.12. The standard InChI is InChI=1S/C12H12N4O3/c1-2-7-13-8-11-14-12(15-19-11)9-3-5-10(6-4-9)16(17)18/h2-6,13H,1,7-8H2. The zero-order valence-corrected chi connectivity index (χ0v) is 10.1. The minimum atomic E-state index is -0.454. The SMILES string of the molecule is C=CCNCc1nc(-c2ccc([N+](=O)[O-])cc2)no1. The molecule has 98 valence electrons. The lowest BCUT2D eigenvalue weighted by Gasteiger charge is -1.94. The van der Waals surface area contributed by atoms with Gasteiger partial charge in [-0.1, -0.05) is 11.2 Å². The van der Waals surface area contributed by atoms with Crippen LogP contribution in [0.3, 0.4) is 0 Å². The van der Waals surface area contributed by atoms with Crippen molar-refractivity contribution in [3.63, 3.8) is 0 Å². The summed E-state index contributed by atoms with van der Waals surface area (Å²) in [5.41, 5.74) is 0.699. The van der Waals surface area contributed by atoms with Crippen LogP contribution in [0.15, 0.2) is 41.4 Å². The summed E-state index contributed by atoms with van der Waals surface area (Å²) in [6, 6.07) is 5.98. The van der Waals surface area contributed by atoms with E-state index in [4.69, 9.17) is 4.52 Å². The number of nitro benzene ring substituents is 1. The van der Waals surface area contributed by atoms with Crippen molar-refractivity contribution in [3.05, 3.63) is 52.9 Å². The van der Waals surface area contributed by atoms with E-state index in [9.17, 15) is 10.1 Å². The molecule has 1 aromatic heterocycles. The molecule has 1 aromatic carbocycles. The molecule has 0 amide bonds. The van der Waals surface area contributed by atoms with Crippen molar-refractivity contribution < 1.29 is 9.45 Å². The Morgan fingerprint density at radius 1 is 1.42 bits per heavy atom. The largest absolute Gasteiger partial charge is 0.338 e. The van der Waals surface area contributed by atoms with E-state index in [0.29, 0.717) is 30.4 Å². The van der Waals surface area contributed by atoms with Gasteiger partial charge in [-0.3, -0.25) is 10.1 Å². The van der Waals surface area contributed by atoms with E-state index in [1.807, 2.05) is 0 Å². The highest BCUT2D eigenvalue weighted by Gasteiger charge is 2.10. The van der Waals surface area contributed by atoms with Gasteiger partial charge in [0.05, 0.1) is 11.5 Å². The number of hydrogen-bond donors (Lipinski definition) is 1. The van der Waals surface area contributed by atoms with Gasteiger partial charge in [0.15, 0.2) is 0 Å². The van der Waals surface area contributed by atoms with Gasteiger partial charge in [-0.15, -0.1) is 6.58 Å². The molecule has 1 heterocycles. The molecule has 0 radical (unpaired) electrons. The number of non-ortho nitro benzene ring substituents is 1. The molecule has 2 rings (SSSR count). The van der Waals surface area contributed by atoms with Crippen LogP contribution < -0.4 is 5.32 Å². The van der Waals surface area contributed by atoms with Crippen LogP contribution in [0.1, 0.15) is 5.89 Å². The van der Waals surface area contributed by atoms with E-state index in [-0.39, 0.29) is 5.69 Å². The van der Waals surface area contributed by atoms with E-state index < -0.39 is 4.92 Å². The molecule has 1 N–H and O–H groups in total. The molecule has 0 spiro atoms. The summed E-state index contributed by atoms with van der Waals surface area (Å²) in [6.45, 7) is 4.68. The van der Waals surface area contributed by atoms with E-state index in [2.05, 4.69) is 22.0 Å². The van der Waals surface area contributed by atoms with E-state index in [0.717, 1.165) is 0 Å². The predicted molar refractivity (Wildman–Crippen MR) is 68.3 cm³/mol. The van der Waals surface area contributed by atoms with Crippen molar-refractivity contribution >= 4 is 5.69 Å². The van der Waals surface area contributed by atoms with Gasteiger partial charge in [-0.05, 0) is 12.1 Å². The summed E-state index contributed by atoms with van der Waals surface area (Å²) in [4.78, 5) is 14.3. The maximum atomic E-state index is 10.5. The normalized spacial score (nSPS) is 10.3. The van der Waals surface area contributed by atoms with E-state index in [1.165, 1.54) is 12.1 Å². The van der Waals surface area contributed by atoms with Crippen LogP contribution in [0, 0.1) is 10.1 Å². The number of nitrogens with zero attached hydrogens (tertiary/aromatic N) is 3. The van der Waals surface area contributed by atoms with Crippen LogP contribution in [-0.2, 0) is 6.54 Å². The summed E-state index contributed by atoms with van der Waals surface area (Å²) in [5.74, 6) is 0.862. The molecule has 0 saturated carbocycles. The van der Waals surface area contributed by atoms with Crippen LogP contribution in [0.4, 0.5) is 5.69 Å². The van der Waals surface area contributed by atoms with Crippen LogP contribution >= 0.6 is 0 Å². The van der Waals surface area contributed by atoms with Gasteiger partial charge in [-0.2, -0.15) is 4.98 Å². The summed E-state index contributed by atoms with van der Waals surface area (Å²) in [5, 5.41) is 17.4. The minimum absolute atomic E-state index is 0.0279. The molecular weight excluding hydrogens is 248 g/mol. The molecule has 0 fully saturated rings. The molecule has 0 aliphatic heterocycles. The van der Waals surface area contributed by atoms with Crippen molar-refractivity contribution in [1.29, 1.82) is 0 Å². The summed E-state index contributed by atoms with van der Waals surface area (Å²) in [6.07, 6.45) is 1.73. The fraction of sp³-hybridized carbons (Fsp3) is 0.167. The van der Waals surface area contributed by atoms with E-state index >= 15 is 0 Å². The number of rotatable bonds is 6. The summed E-state index contributed by atoms with van der Waals surface area (Å²) >= 11 is 0. The van der Waals surface area contributed by atoms with Crippen LogP contribution in [0.5, 0.6) is 0 Å². The third-order valence-corrected chi connectivity index (χ3v) is 2.37. The zero-order chi connectivity index (χ0) is 13.7. The van der Waals surface area contributed by atoms with E-state index in [1.54, 1.807) is 18.2 Å². The van der Waals surface area contributed by atoms with Crippen molar-refractivity contribution in [2.24, 2.45) is 0 Å². The molecule has 0 unspecified atom stereocenters. The predicted octanol–water partition coefficient (Wildman–Crippen LogP) is 1.92. The first-order chi connectivity index (χ1) is 9.20. The highest BCUT2D eigenvalue weighted by atomic mass is 16.6. The molecule has 0 aliphatic carbocycles. The first-order valence-corrected chi connectivity index (χ1v) is 5.59. The van der Waals surface area contributed by atoms with Crippen molar-refractivity contribution in [3.8, 4) is 11.4 Å². The number of aromatic nitrogens is 2. The molecule has 0 atom stereocenters. The van der Waals surface area contributed by atoms with Gasteiger partial charge in [0.1, 0.15) is 0 Å². The van der Waals surface area contributed by atoms with Crippen molar-refractivity contribution in [2.45, 2.75) is 6.54 Å². The highest BCUT2D eigenvalue weighted by Crippen LogP contribution is 2.19. The Kier molecular flexibility index (Phi) is 3.99. The van der Waals surface area contributed by atoms with Crippen LogP contribution in [0.25, 0.3) is 11.4 Å². The quantitative estimate of drug-likeness (QED) is 0.369. The van der Waals surface area contributed by atoms with Gasteiger partial charge >= 0.3 is 0 Å². The van der Waals surface area contributed by atoms with Crippen LogP contribution in [0.2, 0.25) is 0 Å². The summed E-state index contributed by atoms with van der Waals surface area (Å²) < 4.78 is 5.05. The lowest BCUT2D eigenvalue weighted by molar-refractivity contribution is -0.384. The first kappa shape index (κ1) is 12.9. The lowest BCUT2D eigenvalue weighted by atomic mass is 10.2. The minimum Gasteiger partial charge on any atom is -0.338 e. The molecule has 7 nitrogen and oxygen atoms in total. The zero-order valence-electron chi connectivity index (χ0n) is 10.1. The highest BCUT2D eigenvalue weighted by molar-refractivity contribution is 5.56. The maximum absolute atomic E-state index is 10.5. The van der Waals surface area contributed by atoms with Gasteiger partial charge in [0, 0.05) is 24.2 Å². The average Bonchev–Trinajstić information content (AvgIpc) is 2.88.